The van der Waals surface area contributed by atoms with Crippen LogP contribution in [0.25, 0.3) is 0 Å². The van der Waals surface area contributed by atoms with Gasteiger partial charge >= 0.3 is 0 Å². The number of hydrogen-bond donors (Lipinski definition) is 0. The van der Waals surface area contributed by atoms with Crippen molar-refractivity contribution in [2.24, 2.45) is 0 Å². The Hall–Kier alpha value is -2.35. The zero-order valence-corrected chi connectivity index (χ0v) is 9.01. The molecule has 2 rings (SSSR count). The molecule has 4 nitrogen and oxygen atoms in total. The molecule has 1 aromatic heterocycles. The Morgan fingerprint density at radius 3 is 3.00 bits per heavy atom. The Bertz CT molecular complexity index is 531. The second kappa shape index (κ2) is 5.12. The number of halogens is 1. The molecule has 0 amide bonds. The third-order valence-corrected chi connectivity index (χ3v) is 2.24. The summed E-state index contributed by atoms with van der Waals surface area (Å²) in [5.74, 6) is -0.144. The first kappa shape index (κ1) is 11.1. The quantitative estimate of drug-likeness (QED) is 0.808. The maximum absolute atomic E-state index is 13.2. The van der Waals surface area contributed by atoms with Gasteiger partial charge < -0.3 is 9.30 Å². The van der Waals surface area contributed by atoms with E-state index in [1.807, 2.05) is 10.8 Å². The van der Waals surface area contributed by atoms with Crippen molar-refractivity contribution >= 4 is 0 Å². The number of benzene rings is 1. The van der Waals surface area contributed by atoms with E-state index >= 15 is 0 Å². The van der Waals surface area contributed by atoms with Crippen molar-refractivity contribution in [3.8, 4) is 11.8 Å². The molecule has 0 N–H and O–H groups in total. The average molecular weight is 231 g/mol. The molecule has 0 radical (unpaired) electrons. The van der Waals surface area contributed by atoms with Gasteiger partial charge in [0.2, 0.25) is 0 Å². The molecule has 0 fully saturated rings. The average Bonchev–Trinajstić information content (AvgIpc) is 2.82. The summed E-state index contributed by atoms with van der Waals surface area (Å²) in [5.41, 5.74) is 0.0203. The van der Waals surface area contributed by atoms with Gasteiger partial charge in [0, 0.05) is 18.5 Å². The van der Waals surface area contributed by atoms with Crippen LogP contribution in [-0.2, 0) is 6.54 Å². The fourth-order valence-corrected chi connectivity index (χ4v) is 1.36. The van der Waals surface area contributed by atoms with Gasteiger partial charge in [-0.05, 0) is 12.1 Å². The number of aromatic nitrogens is 2. The molecule has 2 aromatic rings. The molecule has 0 unspecified atom stereocenters. The van der Waals surface area contributed by atoms with Crippen molar-refractivity contribution < 1.29 is 9.13 Å². The molecular weight excluding hydrogens is 221 g/mol. The summed E-state index contributed by atoms with van der Waals surface area (Å²) >= 11 is 0. The van der Waals surface area contributed by atoms with Crippen LogP contribution >= 0.6 is 0 Å². The molecule has 0 saturated heterocycles. The fraction of sp³-hybridized carbons (Fsp3) is 0.167. The van der Waals surface area contributed by atoms with Gasteiger partial charge in [0.05, 0.1) is 18.4 Å². The first-order valence-electron chi connectivity index (χ1n) is 5.08. The number of hydrogen-bond acceptors (Lipinski definition) is 3. The second-order valence-electron chi connectivity index (χ2n) is 3.40. The largest absolute Gasteiger partial charge is 0.492 e. The highest BCUT2D eigenvalue weighted by Gasteiger charge is 2.03. The normalized spacial score (nSPS) is 9.88. The Kier molecular flexibility index (Phi) is 3.36. The molecule has 86 valence electrons. The monoisotopic (exact) mass is 231 g/mol. The smallest absolute Gasteiger partial charge is 0.144 e. The SMILES string of the molecule is N#Cc1ccc(OCCn2ccnc2)cc1F. The number of nitrogens with zero attached hydrogens (tertiary/aromatic N) is 3. The predicted octanol–water partition coefficient (Wildman–Crippen LogP) is 1.97. The van der Waals surface area contributed by atoms with Crippen molar-refractivity contribution in [1.29, 1.82) is 5.26 Å². The molecule has 0 aliphatic rings. The molecule has 0 spiro atoms. The molecular formula is C12H10FN3O. The van der Waals surface area contributed by atoms with E-state index in [4.69, 9.17) is 10.00 Å². The third-order valence-electron chi connectivity index (χ3n) is 2.24. The van der Waals surface area contributed by atoms with Crippen LogP contribution < -0.4 is 4.74 Å². The van der Waals surface area contributed by atoms with Crippen LogP contribution in [0.4, 0.5) is 4.39 Å². The predicted molar refractivity (Wildman–Crippen MR) is 58.8 cm³/mol. The van der Waals surface area contributed by atoms with Crippen LogP contribution in [-0.4, -0.2) is 16.2 Å². The van der Waals surface area contributed by atoms with Gasteiger partial charge in [-0.15, -0.1) is 0 Å². The summed E-state index contributed by atoms with van der Waals surface area (Å²) < 4.78 is 20.5. The van der Waals surface area contributed by atoms with Gasteiger partial charge in [-0.3, -0.25) is 0 Å². The van der Waals surface area contributed by atoms with Gasteiger partial charge in [0.15, 0.2) is 0 Å². The van der Waals surface area contributed by atoms with E-state index in [2.05, 4.69) is 4.98 Å². The minimum Gasteiger partial charge on any atom is -0.492 e. The lowest BCUT2D eigenvalue weighted by Crippen LogP contribution is -2.06. The third kappa shape index (κ3) is 2.82. The van der Waals surface area contributed by atoms with E-state index in [9.17, 15) is 4.39 Å². The van der Waals surface area contributed by atoms with Crippen LogP contribution in [0.1, 0.15) is 5.56 Å². The maximum atomic E-state index is 13.2. The Morgan fingerprint density at radius 2 is 2.35 bits per heavy atom. The van der Waals surface area contributed by atoms with Crippen molar-refractivity contribution in [2.75, 3.05) is 6.61 Å². The first-order chi connectivity index (χ1) is 8.29. The highest BCUT2D eigenvalue weighted by atomic mass is 19.1. The highest BCUT2D eigenvalue weighted by molar-refractivity contribution is 5.36. The summed E-state index contributed by atoms with van der Waals surface area (Å²) in [4.78, 5) is 3.90. The molecule has 5 heteroatoms. The number of rotatable bonds is 4. The van der Waals surface area contributed by atoms with Crippen LogP contribution in [0.15, 0.2) is 36.9 Å². The fourth-order valence-electron chi connectivity index (χ4n) is 1.36. The van der Waals surface area contributed by atoms with Crippen molar-refractivity contribution in [2.45, 2.75) is 6.54 Å². The molecule has 0 saturated carbocycles. The summed E-state index contributed by atoms with van der Waals surface area (Å²) in [5, 5.41) is 8.57. The van der Waals surface area contributed by atoms with E-state index in [1.165, 1.54) is 12.1 Å². The van der Waals surface area contributed by atoms with Crippen LogP contribution in [0.5, 0.6) is 5.75 Å². The zero-order chi connectivity index (χ0) is 12.1. The number of ether oxygens (including phenoxy) is 1. The van der Waals surface area contributed by atoms with Gasteiger partial charge in [0.1, 0.15) is 24.2 Å². The minimum atomic E-state index is -0.562. The van der Waals surface area contributed by atoms with Gasteiger partial charge in [-0.2, -0.15) is 5.26 Å². The van der Waals surface area contributed by atoms with Crippen LogP contribution in [0, 0.1) is 17.1 Å². The summed E-state index contributed by atoms with van der Waals surface area (Å²) in [6, 6.07) is 5.96. The van der Waals surface area contributed by atoms with E-state index in [1.54, 1.807) is 24.7 Å². The van der Waals surface area contributed by atoms with E-state index < -0.39 is 5.82 Å². The second-order valence-corrected chi connectivity index (χ2v) is 3.40. The summed E-state index contributed by atoms with van der Waals surface area (Å²) in [7, 11) is 0. The Morgan fingerprint density at radius 1 is 1.47 bits per heavy atom. The van der Waals surface area contributed by atoms with Crippen LogP contribution in [0.3, 0.4) is 0 Å². The molecule has 1 aromatic carbocycles. The lowest BCUT2D eigenvalue weighted by molar-refractivity contribution is 0.297. The Balaban J connectivity index is 1.91. The van der Waals surface area contributed by atoms with E-state index in [0.717, 1.165) is 0 Å². The lowest BCUT2D eigenvalue weighted by Gasteiger charge is -2.06. The maximum Gasteiger partial charge on any atom is 0.144 e. The highest BCUT2D eigenvalue weighted by Crippen LogP contribution is 2.15. The first-order valence-corrected chi connectivity index (χ1v) is 5.08. The van der Waals surface area contributed by atoms with Crippen LogP contribution in [0.2, 0.25) is 0 Å². The number of imidazole rings is 1. The molecule has 0 aliphatic carbocycles. The van der Waals surface area contributed by atoms with Crippen molar-refractivity contribution in [3.63, 3.8) is 0 Å². The van der Waals surface area contributed by atoms with Gasteiger partial charge in [-0.1, -0.05) is 0 Å². The van der Waals surface area contributed by atoms with E-state index in [-0.39, 0.29) is 5.56 Å². The minimum absolute atomic E-state index is 0.0203. The number of nitriles is 1. The molecule has 0 atom stereocenters. The van der Waals surface area contributed by atoms with Gasteiger partial charge in [-0.25, -0.2) is 9.37 Å². The zero-order valence-electron chi connectivity index (χ0n) is 9.01. The van der Waals surface area contributed by atoms with E-state index in [0.29, 0.717) is 18.9 Å². The van der Waals surface area contributed by atoms with Crippen molar-refractivity contribution in [1.82, 2.24) is 9.55 Å². The Labute approximate surface area is 97.9 Å². The lowest BCUT2D eigenvalue weighted by atomic mass is 10.2. The van der Waals surface area contributed by atoms with Crippen molar-refractivity contribution in [3.05, 3.63) is 48.3 Å². The molecule has 17 heavy (non-hydrogen) atoms. The molecule has 0 aliphatic heterocycles. The molecule has 0 bridgehead atoms. The summed E-state index contributed by atoms with van der Waals surface area (Å²) in [6.07, 6.45) is 5.19. The van der Waals surface area contributed by atoms with Gasteiger partial charge in [0.25, 0.3) is 0 Å². The summed E-state index contributed by atoms with van der Waals surface area (Å²) in [6.45, 7) is 1.06. The molecule has 1 heterocycles. The standard InChI is InChI=1S/C12H10FN3O/c13-12-7-11(2-1-10(12)8-14)17-6-5-16-4-3-15-9-16/h1-4,7,9H,5-6H2. The topological polar surface area (TPSA) is 50.8 Å².